The van der Waals surface area contributed by atoms with Crippen molar-refractivity contribution in [2.45, 2.75) is 34.4 Å². The second-order valence-electron chi connectivity index (χ2n) is 3.38. The highest BCUT2D eigenvalue weighted by Gasteiger charge is 2.51. The number of aryl methyl sites for hydroxylation is 1. The summed E-state index contributed by atoms with van der Waals surface area (Å²) in [7, 11) is 0. The van der Waals surface area contributed by atoms with Crippen LogP contribution in [-0.2, 0) is 10.9 Å². The average Bonchev–Trinajstić information content (AvgIpc) is 2.55. The Hall–Kier alpha value is 0.880. The van der Waals surface area contributed by atoms with Gasteiger partial charge in [0.15, 0.2) is 5.15 Å². The van der Waals surface area contributed by atoms with Crippen molar-refractivity contribution in [2.75, 3.05) is 0 Å². The summed E-state index contributed by atoms with van der Waals surface area (Å²) in [5.74, 6) is 0. The highest BCUT2D eigenvalue weighted by molar-refractivity contribution is 6.75. The Morgan fingerprint density at radius 2 is 1.76 bits per heavy atom. The maximum absolute atomic E-state index is 6.04. The van der Waals surface area contributed by atoms with Gasteiger partial charge in [-0.1, -0.05) is 88.2 Å². The van der Waals surface area contributed by atoms with E-state index in [1.54, 1.807) is 0 Å². The lowest BCUT2D eigenvalue weighted by Gasteiger charge is -2.25. The van der Waals surface area contributed by atoms with Crippen LogP contribution >= 0.6 is 69.6 Å². The molecule has 0 saturated carbocycles. The molecule has 0 radical (unpaired) electrons. The fourth-order valence-electron chi connectivity index (χ4n) is 1.08. The molecule has 0 atom stereocenters. The summed E-state index contributed by atoms with van der Waals surface area (Å²) >= 11 is 35.0. The van der Waals surface area contributed by atoms with Crippen LogP contribution in [0.25, 0.3) is 0 Å². The predicted molar refractivity (Wildman–Crippen MR) is 73.6 cm³/mol. The molecule has 17 heavy (non-hydrogen) atoms. The largest absolute Gasteiger partial charge is 0.233 e. The Labute approximate surface area is 129 Å². The summed E-state index contributed by atoms with van der Waals surface area (Å²) in [5.41, 5.74) is 0.0404. The quantitative estimate of drug-likeness (QED) is 0.727. The fourth-order valence-corrected chi connectivity index (χ4v) is 2.00. The molecule has 1 aromatic rings. The topological polar surface area (TPSA) is 30.7 Å². The maximum atomic E-state index is 6.04. The number of alkyl halides is 5. The molecule has 0 aliphatic rings. The van der Waals surface area contributed by atoms with Gasteiger partial charge in [0, 0.05) is 6.54 Å². The van der Waals surface area contributed by atoms with Crippen LogP contribution in [0.1, 0.15) is 25.5 Å². The van der Waals surface area contributed by atoms with E-state index in [9.17, 15) is 0 Å². The highest BCUT2D eigenvalue weighted by atomic mass is 35.6. The number of aromatic nitrogens is 3. The Balaban J connectivity index is 3.04. The van der Waals surface area contributed by atoms with E-state index >= 15 is 0 Å². The van der Waals surface area contributed by atoms with Crippen LogP contribution in [0, 0.1) is 0 Å². The van der Waals surface area contributed by atoms with Gasteiger partial charge in [0.1, 0.15) is 5.69 Å². The van der Waals surface area contributed by atoms with Crippen molar-refractivity contribution < 1.29 is 0 Å². The molecular weight excluding hydrogens is 351 g/mol. The van der Waals surface area contributed by atoms with Crippen molar-refractivity contribution in [1.82, 2.24) is 15.0 Å². The smallest absolute Gasteiger partial charge is 0.228 e. The Bertz CT molecular complexity index is 383. The summed E-state index contributed by atoms with van der Waals surface area (Å²) < 4.78 is -2.33. The van der Waals surface area contributed by atoms with Gasteiger partial charge in [-0.2, -0.15) is 0 Å². The Morgan fingerprint density at radius 1 is 1.18 bits per heavy atom. The molecule has 0 fully saturated rings. The highest BCUT2D eigenvalue weighted by Crippen LogP contribution is 2.53. The number of hydrogen-bond donors (Lipinski definition) is 0. The summed E-state index contributed by atoms with van der Waals surface area (Å²) in [5, 5.41) is 7.77. The minimum absolute atomic E-state index is 0.0404. The number of unbranched alkanes of at least 4 members (excludes halogenated alkanes) is 1. The van der Waals surface area contributed by atoms with Crippen molar-refractivity contribution >= 4 is 69.6 Å². The van der Waals surface area contributed by atoms with Crippen molar-refractivity contribution in [1.29, 1.82) is 0 Å². The average molecular weight is 360 g/mol. The van der Waals surface area contributed by atoms with Gasteiger partial charge < -0.3 is 0 Å². The van der Waals surface area contributed by atoms with Crippen molar-refractivity contribution in [2.24, 2.45) is 0 Å². The third-order valence-corrected chi connectivity index (χ3v) is 4.78. The lowest BCUT2D eigenvalue weighted by Crippen LogP contribution is -2.29. The molecule has 0 bridgehead atoms. The van der Waals surface area contributed by atoms with Crippen molar-refractivity contribution in [3.05, 3.63) is 10.8 Å². The third-order valence-electron chi connectivity index (χ3n) is 2.05. The van der Waals surface area contributed by atoms with E-state index in [2.05, 4.69) is 10.3 Å². The Morgan fingerprint density at radius 3 is 2.24 bits per heavy atom. The van der Waals surface area contributed by atoms with Crippen LogP contribution < -0.4 is 0 Å². The zero-order valence-corrected chi connectivity index (χ0v) is 13.3. The van der Waals surface area contributed by atoms with E-state index in [0.717, 1.165) is 12.8 Å². The molecule has 0 aliphatic carbocycles. The van der Waals surface area contributed by atoms with Crippen LogP contribution in [-0.4, -0.2) is 18.8 Å². The molecular formula is C8H9Cl6N3. The van der Waals surface area contributed by atoms with Gasteiger partial charge >= 0.3 is 0 Å². The second kappa shape index (κ2) is 5.89. The van der Waals surface area contributed by atoms with E-state index in [1.165, 1.54) is 4.68 Å². The van der Waals surface area contributed by atoms with Gasteiger partial charge in [-0.3, -0.25) is 0 Å². The molecule has 0 aromatic carbocycles. The third kappa shape index (κ3) is 3.46. The molecule has 1 aromatic heterocycles. The van der Waals surface area contributed by atoms with Crippen molar-refractivity contribution in [3.63, 3.8) is 0 Å². The molecule has 0 N–H and O–H groups in total. The minimum Gasteiger partial charge on any atom is -0.233 e. The zero-order chi connectivity index (χ0) is 13.3. The minimum atomic E-state index is -1.95. The van der Waals surface area contributed by atoms with Crippen LogP contribution in [0.4, 0.5) is 0 Å². The lowest BCUT2D eigenvalue weighted by atomic mass is 10.3. The molecule has 0 amide bonds. The molecule has 0 saturated heterocycles. The second-order valence-corrected chi connectivity index (χ2v) is 7.34. The number of halogens is 6. The van der Waals surface area contributed by atoms with Gasteiger partial charge in [0.2, 0.25) is 8.13 Å². The van der Waals surface area contributed by atoms with Gasteiger partial charge in [-0.25, -0.2) is 4.68 Å². The molecule has 9 heteroatoms. The summed E-state index contributed by atoms with van der Waals surface area (Å²) in [6.07, 6.45) is 1.89. The first-order valence-electron chi connectivity index (χ1n) is 4.75. The van der Waals surface area contributed by atoms with E-state index in [0.29, 0.717) is 6.54 Å². The SMILES string of the molecule is CCCCn1nnc(C(Cl)(Cl)C(Cl)(Cl)Cl)c1Cl. The van der Waals surface area contributed by atoms with E-state index < -0.39 is 8.13 Å². The first-order valence-corrected chi connectivity index (χ1v) is 7.02. The lowest BCUT2D eigenvalue weighted by molar-refractivity contribution is 0.553. The zero-order valence-electron chi connectivity index (χ0n) is 8.73. The van der Waals surface area contributed by atoms with Gasteiger partial charge in [0.25, 0.3) is 0 Å². The fraction of sp³-hybridized carbons (Fsp3) is 0.750. The van der Waals surface area contributed by atoms with Gasteiger partial charge in [-0.15, -0.1) is 5.10 Å². The number of rotatable bonds is 4. The molecule has 0 spiro atoms. The summed E-state index contributed by atoms with van der Waals surface area (Å²) in [6, 6.07) is 0. The molecule has 1 heterocycles. The van der Waals surface area contributed by atoms with Crippen LogP contribution in [0.3, 0.4) is 0 Å². The van der Waals surface area contributed by atoms with Gasteiger partial charge in [0.05, 0.1) is 0 Å². The standard InChI is InChI=1S/C8H9Cl6N3/c1-2-3-4-17-6(9)5(15-16-17)7(10,11)8(12,13)14/h2-4H2,1H3. The van der Waals surface area contributed by atoms with Crippen LogP contribution in [0.5, 0.6) is 0 Å². The maximum Gasteiger partial charge on any atom is 0.228 e. The normalized spacial score (nSPS) is 13.1. The molecule has 3 nitrogen and oxygen atoms in total. The summed E-state index contributed by atoms with van der Waals surface area (Å²) in [4.78, 5) is 0. The molecule has 0 unspecified atom stereocenters. The first-order chi connectivity index (χ1) is 7.71. The first kappa shape index (κ1) is 15.9. The number of nitrogens with zero attached hydrogens (tertiary/aromatic N) is 3. The number of hydrogen-bond acceptors (Lipinski definition) is 2. The van der Waals surface area contributed by atoms with E-state index in [-0.39, 0.29) is 10.8 Å². The Kier molecular flexibility index (Phi) is 5.52. The van der Waals surface area contributed by atoms with Crippen LogP contribution in [0.15, 0.2) is 0 Å². The predicted octanol–water partition coefficient (Wildman–Crippen LogP) is 4.73. The molecule has 98 valence electrons. The van der Waals surface area contributed by atoms with Crippen molar-refractivity contribution in [3.8, 4) is 0 Å². The van der Waals surface area contributed by atoms with Crippen LogP contribution in [0.2, 0.25) is 5.15 Å². The monoisotopic (exact) mass is 357 g/mol. The van der Waals surface area contributed by atoms with E-state index in [4.69, 9.17) is 69.6 Å². The van der Waals surface area contributed by atoms with Gasteiger partial charge in [-0.05, 0) is 6.42 Å². The van der Waals surface area contributed by atoms with E-state index in [1.807, 2.05) is 6.92 Å². The molecule has 1 rings (SSSR count). The summed E-state index contributed by atoms with van der Waals surface area (Å²) in [6.45, 7) is 2.65. The molecule has 0 aliphatic heterocycles.